The van der Waals surface area contributed by atoms with Crippen molar-refractivity contribution < 1.29 is 0 Å². The standard InChI is InChI=1S/C90H57BN10/c1-6-26-59(27-7-1)85-92-86(60-28-8-2-9-29-60)95-89(94-85)64-52-53-77(101-76-43-21-17-39-69(76)71-56-70-68-38-16-20-42-75(68)98(82(70)57-83(71)101)65-33-12-4-13-34-65)72(55-64)90-96-87(61-30-10-3-11-31-61)93-88(97-90)62-50-48-58(49-51-62)63-32-24-37-67(54-63)100-79-45-23-19-41-74(79)91-73-40-18-22-44-78(73)99(66-35-14-5-15-36-66)80-46-25-47-81(100)84(80)91/h1-57H. The van der Waals surface area contributed by atoms with Crippen LogP contribution in [-0.4, -0.2) is 45.8 Å². The molecular weight excluding hydrogens is 1230 g/mol. The van der Waals surface area contributed by atoms with Gasteiger partial charge in [-0.05, 0) is 131 Å². The fourth-order valence-corrected chi connectivity index (χ4v) is 15.5. The summed E-state index contributed by atoms with van der Waals surface area (Å²) in [4.78, 5) is 37.0. The Hall–Kier alpha value is -13.6. The first-order chi connectivity index (χ1) is 50.1. The Morgan fingerprint density at radius 1 is 0.208 bits per heavy atom. The summed E-state index contributed by atoms with van der Waals surface area (Å²) in [5, 5.41) is 4.60. The number of rotatable bonds is 11. The third kappa shape index (κ3) is 9.58. The maximum atomic E-state index is 5.61. The van der Waals surface area contributed by atoms with E-state index in [0.717, 1.165) is 111 Å². The van der Waals surface area contributed by atoms with Crippen molar-refractivity contribution in [3.05, 3.63) is 346 Å². The Morgan fingerprint density at radius 2 is 0.594 bits per heavy atom. The highest BCUT2D eigenvalue weighted by atomic mass is 15.2. The van der Waals surface area contributed by atoms with Gasteiger partial charge in [-0.15, -0.1) is 0 Å². The molecule has 0 unspecified atom stereocenters. The van der Waals surface area contributed by atoms with Gasteiger partial charge in [0.05, 0.1) is 27.8 Å². The molecule has 0 amide bonds. The number of para-hydroxylation sites is 6. The molecule has 18 aromatic rings. The molecule has 14 aromatic carbocycles. The fourth-order valence-electron chi connectivity index (χ4n) is 15.5. The Labute approximate surface area is 582 Å². The van der Waals surface area contributed by atoms with E-state index >= 15 is 0 Å². The summed E-state index contributed by atoms with van der Waals surface area (Å²) in [5.41, 5.74) is 24.1. The van der Waals surface area contributed by atoms with Gasteiger partial charge in [0.15, 0.2) is 34.9 Å². The molecule has 0 atom stereocenters. The summed E-state index contributed by atoms with van der Waals surface area (Å²) in [6.07, 6.45) is 0. The van der Waals surface area contributed by atoms with Gasteiger partial charge in [0.25, 0.3) is 6.71 Å². The predicted octanol–water partition coefficient (Wildman–Crippen LogP) is 20.0. The molecule has 2 aliphatic heterocycles. The van der Waals surface area contributed by atoms with Gasteiger partial charge in [0, 0.05) is 94.7 Å². The Balaban J connectivity index is 0.759. The Morgan fingerprint density at radius 3 is 1.16 bits per heavy atom. The van der Waals surface area contributed by atoms with Gasteiger partial charge in [0.2, 0.25) is 0 Å². The van der Waals surface area contributed by atoms with Gasteiger partial charge in [-0.2, -0.15) is 0 Å². The minimum absolute atomic E-state index is 0.0472. The summed E-state index contributed by atoms with van der Waals surface area (Å²) in [5.74, 6) is 3.19. The van der Waals surface area contributed by atoms with E-state index in [4.69, 9.17) is 29.9 Å². The maximum Gasteiger partial charge on any atom is 0.252 e. The maximum absolute atomic E-state index is 5.61. The van der Waals surface area contributed by atoms with Crippen LogP contribution in [-0.2, 0) is 0 Å². The van der Waals surface area contributed by atoms with Crippen LogP contribution in [0.1, 0.15) is 0 Å². The lowest BCUT2D eigenvalue weighted by molar-refractivity contribution is 1.06. The van der Waals surface area contributed by atoms with Crippen molar-refractivity contribution in [2.75, 3.05) is 9.80 Å². The topological polar surface area (TPSA) is 93.7 Å². The first-order valence-electron chi connectivity index (χ1n) is 34.1. The van der Waals surface area contributed by atoms with Gasteiger partial charge < -0.3 is 18.9 Å². The number of fused-ring (bicyclic) bond motifs is 10. The molecule has 4 aromatic heterocycles. The fraction of sp³-hybridized carbons (Fsp3) is 0. The third-order valence-electron chi connectivity index (χ3n) is 20.0. The first-order valence-corrected chi connectivity index (χ1v) is 34.1. The lowest BCUT2D eigenvalue weighted by Crippen LogP contribution is -2.61. The van der Waals surface area contributed by atoms with Crippen molar-refractivity contribution in [2.45, 2.75) is 0 Å². The largest absolute Gasteiger partial charge is 0.311 e. The molecule has 101 heavy (non-hydrogen) atoms. The molecule has 0 saturated carbocycles. The van der Waals surface area contributed by atoms with Crippen LogP contribution in [0.25, 0.3) is 134 Å². The highest BCUT2D eigenvalue weighted by molar-refractivity contribution is 7.00. The number of hydrogen-bond donors (Lipinski definition) is 0. The molecule has 0 bridgehead atoms. The van der Waals surface area contributed by atoms with Gasteiger partial charge in [-0.1, -0.05) is 243 Å². The van der Waals surface area contributed by atoms with E-state index in [9.17, 15) is 0 Å². The monoisotopic (exact) mass is 1290 g/mol. The van der Waals surface area contributed by atoms with Crippen LogP contribution in [0, 0.1) is 0 Å². The Kier molecular flexibility index (Phi) is 13.4. The second kappa shape index (κ2) is 23.6. The van der Waals surface area contributed by atoms with E-state index < -0.39 is 0 Å². The molecule has 0 N–H and O–H groups in total. The van der Waals surface area contributed by atoms with Gasteiger partial charge in [-0.25, -0.2) is 29.9 Å². The summed E-state index contributed by atoms with van der Waals surface area (Å²) in [6.45, 7) is 0.0472. The zero-order chi connectivity index (χ0) is 66.5. The van der Waals surface area contributed by atoms with E-state index in [1.807, 2.05) is 78.9 Å². The first kappa shape index (κ1) is 57.6. The minimum Gasteiger partial charge on any atom is -0.311 e. The molecule has 0 fully saturated rings. The second-order valence-corrected chi connectivity index (χ2v) is 25.8. The summed E-state index contributed by atoms with van der Waals surface area (Å²) in [6, 6.07) is 123. The number of nitrogens with zero attached hydrogens (tertiary/aromatic N) is 10. The van der Waals surface area contributed by atoms with Crippen LogP contribution in [0.15, 0.2) is 346 Å². The number of benzene rings is 14. The number of aromatic nitrogens is 8. The van der Waals surface area contributed by atoms with Crippen LogP contribution in [0.3, 0.4) is 0 Å². The molecule has 0 saturated heterocycles. The minimum atomic E-state index is 0.0472. The predicted molar refractivity (Wildman–Crippen MR) is 414 cm³/mol. The zero-order valence-corrected chi connectivity index (χ0v) is 54.5. The smallest absolute Gasteiger partial charge is 0.252 e. The molecule has 20 rings (SSSR count). The van der Waals surface area contributed by atoms with E-state index in [-0.39, 0.29) is 6.71 Å². The van der Waals surface area contributed by atoms with Crippen molar-refractivity contribution >= 4 is 101 Å². The van der Waals surface area contributed by atoms with Crippen molar-refractivity contribution in [2.24, 2.45) is 0 Å². The average Bonchev–Trinajstić information content (AvgIpc) is 1.53. The molecule has 6 heterocycles. The van der Waals surface area contributed by atoms with Gasteiger partial charge >= 0.3 is 0 Å². The van der Waals surface area contributed by atoms with Crippen LogP contribution in [0.2, 0.25) is 0 Å². The number of anilines is 6. The molecule has 2 aliphatic rings. The van der Waals surface area contributed by atoms with E-state index in [1.165, 1.54) is 38.5 Å². The molecule has 0 radical (unpaired) electrons. The SMILES string of the molecule is c1ccc(-c2nc(-c3ccccc3)nc(-c3ccc(-n4c5ccccc5c5cc6c7ccccc7n(-c7ccccc7)c6cc54)c(-c4nc(-c5ccccc5)nc(-c5ccc(-c6cccc(N7c8ccccc8B8c9ccccc9N(c9ccccc9)c9cccc7c98)c6)cc5)n4)c3)n2)cc1. The zero-order valence-electron chi connectivity index (χ0n) is 54.5. The van der Waals surface area contributed by atoms with Crippen molar-refractivity contribution in [1.29, 1.82) is 0 Å². The van der Waals surface area contributed by atoms with Crippen molar-refractivity contribution in [1.82, 2.24) is 39.0 Å². The quantitative estimate of drug-likeness (QED) is 0.118. The lowest BCUT2D eigenvalue weighted by atomic mass is 9.33. The van der Waals surface area contributed by atoms with Crippen LogP contribution < -0.4 is 26.2 Å². The van der Waals surface area contributed by atoms with Crippen LogP contribution >= 0.6 is 0 Å². The normalized spacial score (nSPS) is 12.3. The van der Waals surface area contributed by atoms with Gasteiger partial charge in [-0.3, -0.25) is 0 Å². The highest BCUT2D eigenvalue weighted by Crippen LogP contribution is 2.46. The van der Waals surface area contributed by atoms with E-state index in [0.29, 0.717) is 34.9 Å². The summed E-state index contributed by atoms with van der Waals surface area (Å²) in [7, 11) is 0. The summed E-state index contributed by atoms with van der Waals surface area (Å²) >= 11 is 0. The lowest BCUT2D eigenvalue weighted by Gasteiger charge is -2.44. The summed E-state index contributed by atoms with van der Waals surface area (Å²) < 4.78 is 4.77. The van der Waals surface area contributed by atoms with Crippen molar-refractivity contribution in [3.8, 4) is 90.8 Å². The van der Waals surface area contributed by atoms with Crippen LogP contribution in [0.4, 0.5) is 34.1 Å². The molecule has 0 spiro atoms. The highest BCUT2D eigenvalue weighted by Gasteiger charge is 2.43. The molecule has 470 valence electrons. The van der Waals surface area contributed by atoms with Crippen LogP contribution in [0.5, 0.6) is 0 Å². The van der Waals surface area contributed by atoms with E-state index in [1.54, 1.807) is 0 Å². The van der Waals surface area contributed by atoms with E-state index in [2.05, 4.69) is 286 Å². The molecular formula is C90H57BN10. The third-order valence-corrected chi connectivity index (χ3v) is 20.0. The Bertz CT molecular complexity index is 6220. The number of hydrogen-bond acceptors (Lipinski definition) is 8. The average molecular weight is 1290 g/mol. The second-order valence-electron chi connectivity index (χ2n) is 25.8. The van der Waals surface area contributed by atoms with Crippen molar-refractivity contribution in [3.63, 3.8) is 0 Å². The molecule has 10 nitrogen and oxygen atoms in total. The molecule has 0 aliphatic carbocycles. The van der Waals surface area contributed by atoms with Gasteiger partial charge in [0.1, 0.15) is 0 Å². The molecule has 11 heteroatoms.